The molecule has 4 aromatic rings. The molecule has 0 N–H and O–H groups in total. The van der Waals surface area contributed by atoms with E-state index >= 15 is 0 Å². The van der Waals surface area contributed by atoms with Crippen LogP contribution in [-0.4, -0.2) is 6.21 Å². The van der Waals surface area contributed by atoms with Crippen molar-refractivity contribution in [2.75, 3.05) is 0 Å². The highest BCUT2D eigenvalue weighted by atomic mass is 32.1. The first-order valence-electron chi connectivity index (χ1n) is 7.36. The quantitative estimate of drug-likeness (QED) is 0.432. The molecule has 0 radical (unpaired) electrons. The average Bonchev–Trinajstić information content (AvgIpc) is 2.96. The van der Waals surface area contributed by atoms with Crippen LogP contribution in [0.1, 0.15) is 11.1 Å². The van der Waals surface area contributed by atoms with E-state index in [1.807, 2.05) is 23.6 Å². The lowest BCUT2D eigenvalue weighted by Crippen LogP contribution is -1.84. The number of aliphatic imine (C=N–C) groups is 1. The third-order valence-electron chi connectivity index (χ3n) is 3.78. The van der Waals surface area contributed by atoms with Gasteiger partial charge in [0.25, 0.3) is 0 Å². The minimum atomic E-state index is 0.724. The van der Waals surface area contributed by atoms with Crippen LogP contribution >= 0.6 is 11.3 Å². The molecule has 0 aliphatic rings. The van der Waals surface area contributed by atoms with Crippen LogP contribution in [0, 0.1) is 0 Å². The molecule has 0 unspecified atom stereocenters. The van der Waals surface area contributed by atoms with Gasteiger partial charge in [-0.25, -0.2) is 0 Å². The fraction of sp³-hybridized carbons (Fsp3) is 0.0500. The second-order valence-electron chi connectivity index (χ2n) is 5.28. The van der Waals surface area contributed by atoms with Gasteiger partial charge in [-0.15, -0.1) is 11.3 Å². The van der Waals surface area contributed by atoms with Crippen molar-refractivity contribution >= 4 is 37.7 Å². The second kappa shape index (κ2) is 5.74. The van der Waals surface area contributed by atoms with Gasteiger partial charge in [0.15, 0.2) is 0 Å². The minimum Gasteiger partial charge on any atom is -0.288 e. The van der Waals surface area contributed by atoms with Crippen molar-refractivity contribution in [2.24, 2.45) is 4.99 Å². The van der Waals surface area contributed by atoms with E-state index in [1.165, 1.54) is 31.3 Å². The predicted molar refractivity (Wildman–Crippen MR) is 97.1 cm³/mol. The monoisotopic (exact) mass is 301 g/mol. The van der Waals surface area contributed by atoms with Gasteiger partial charge in [0.05, 0.1) is 6.54 Å². The molecule has 0 saturated carbocycles. The van der Waals surface area contributed by atoms with E-state index in [2.05, 4.69) is 71.7 Å². The largest absolute Gasteiger partial charge is 0.288 e. The van der Waals surface area contributed by atoms with Crippen LogP contribution < -0.4 is 0 Å². The number of hydrogen-bond acceptors (Lipinski definition) is 2. The third kappa shape index (κ3) is 2.42. The number of fused-ring (bicyclic) bond motifs is 3. The van der Waals surface area contributed by atoms with Crippen LogP contribution in [0.5, 0.6) is 0 Å². The summed E-state index contributed by atoms with van der Waals surface area (Å²) in [7, 11) is 0. The van der Waals surface area contributed by atoms with Gasteiger partial charge in [-0.1, -0.05) is 66.7 Å². The van der Waals surface area contributed by atoms with E-state index in [1.54, 1.807) is 0 Å². The zero-order valence-electron chi connectivity index (χ0n) is 12.1. The Balaban J connectivity index is 1.72. The summed E-state index contributed by atoms with van der Waals surface area (Å²) >= 11 is 1.84. The molecule has 4 rings (SSSR count). The summed E-state index contributed by atoms with van der Waals surface area (Å²) in [6.45, 7) is 0.724. The van der Waals surface area contributed by atoms with Crippen LogP contribution in [0.3, 0.4) is 0 Å². The zero-order valence-corrected chi connectivity index (χ0v) is 12.9. The van der Waals surface area contributed by atoms with Crippen LogP contribution in [0.2, 0.25) is 0 Å². The van der Waals surface area contributed by atoms with Gasteiger partial charge in [-0.2, -0.15) is 0 Å². The van der Waals surface area contributed by atoms with Crippen LogP contribution in [0.15, 0.2) is 77.8 Å². The van der Waals surface area contributed by atoms with E-state index in [0.717, 1.165) is 6.54 Å². The first-order chi connectivity index (χ1) is 10.9. The smallest absolute Gasteiger partial charge is 0.0639 e. The Kier molecular flexibility index (Phi) is 3.45. The van der Waals surface area contributed by atoms with Crippen LogP contribution in [0.25, 0.3) is 20.2 Å². The molecule has 0 saturated heterocycles. The van der Waals surface area contributed by atoms with Crippen molar-refractivity contribution in [2.45, 2.75) is 6.54 Å². The number of thiophene rings is 1. The molecule has 0 amide bonds. The van der Waals surface area contributed by atoms with Gasteiger partial charge in [0, 0.05) is 32.0 Å². The molecule has 1 aromatic heterocycles. The molecule has 0 bridgehead atoms. The summed E-state index contributed by atoms with van der Waals surface area (Å²) in [5, 5.41) is 2.66. The predicted octanol–water partition coefficient (Wildman–Crippen LogP) is 5.67. The third-order valence-corrected chi connectivity index (χ3v) is 5.02. The van der Waals surface area contributed by atoms with Crippen molar-refractivity contribution in [3.8, 4) is 0 Å². The summed E-state index contributed by atoms with van der Waals surface area (Å²) in [6, 6.07) is 25.4. The Bertz CT molecular complexity index is 951. The van der Waals surface area contributed by atoms with Crippen LogP contribution in [-0.2, 0) is 6.54 Å². The summed E-state index contributed by atoms with van der Waals surface area (Å²) in [6.07, 6.45) is 2.00. The van der Waals surface area contributed by atoms with E-state index in [9.17, 15) is 0 Å². The molecule has 1 heterocycles. The Labute approximate surface area is 133 Å². The summed E-state index contributed by atoms with van der Waals surface area (Å²) < 4.78 is 2.65. The van der Waals surface area contributed by atoms with Crippen molar-refractivity contribution in [3.05, 3.63) is 83.9 Å². The molecule has 0 atom stereocenters. The highest BCUT2D eigenvalue weighted by molar-refractivity contribution is 7.26. The van der Waals surface area contributed by atoms with Gasteiger partial charge in [-0.05, 0) is 11.6 Å². The van der Waals surface area contributed by atoms with Gasteiger partial charge < -0.3 is 0 Å². The molecular formula is C20H15NS. The summed E-state index contributed by atoms with van der Waals surface area (Å²) in [4.78, 5) is 4.61. The maximum atomic E-state index is 4.61. The number of rotatable bonds is 3. The Morgan fingerprint density at radius 2 is 1.55 bits per heavy atom. The van der Waals surface area contributed by atoms with Gasteiger partial charge >= 0.3 is 0 Å². The Morgan fingerprint density at radius 1 is 0.773 bits per heavy atom. The second-order valence-corrected chi connectivity index (χ2v) is 6.33. The van der Waals surface area contributed by atoms with Gasteiger partial charge in [0.1, 0.15) is 0 Å². The summed E-state index contributed by atoms with van der Waals surface area (Å²) in [5.74, 6) is 0. The molecular weight excluding hydrogens is 286 g/mol. The van der Waals surface area contributed by atoms with E-state index in [4.69, 9.17) is 0 Å². The van der Waals surface area contributed by atoms with E-state index in [0.29, 0.717) is 0 Å². The number of hydrogen-bond donors (Lipinski definition) is 0. The minimum absolute atomic E-state index is 0.724. The molecule has 0 fully saturated rings. The van der Waals surface area contributed by atoms with Crippen molar-refractivity contribution in [1.29, 1.82) is 0 Å². The molecule has 0 spiro atoms. The Morgan fingerprint density at radius 3 is 2.45 bits per heavy atom. The zero-order chi connectivity index (χ0) is 14.8. The maximum absolute atomic E-state index is 4.61. The maximum Gasteiger partial charge on any atom is 0.0639 e. The normalized spacial score (nSPS) is 11.6. The average molecular weight is 301 g/mol. The molecule has 106 valence electrons. The van der Waals surface area contributed by atoms with Gasteiger partial charge in [-0.3, -0.25) is 4.99 Å². The lowest BCUT2D eigenvalue weighted by molar-refractivity contribution is 1.08. The van der Waals surface area contributed by atoms with E-state index < -0.39 is 0 Å². The fourth-order valence-electron chi connectivity index (χ4n) is 2.70. The first kappa shape index (κ1) is 13.2. The van der Waals surface area contributed by atoms with Crippen molar-refractivity contribution in [3.63, 3.8) is 0 Å². The van der Waals surface area contributed by atoms with E-state index in [-0.39, 0.29) is 0 Å². The lowest BCUT2D eigenvalue weighted by Gasteiger charge is -1.97. The fourth-order valence-corrected chi connectivity index (χ4v) is 3.88. The highest BCUT2D eigenvalue weighted by Crippen LogP contribution is 2.35. The molecule has 3 aromatic carbocycles. The molecule has 2 heteroatoms. The topological polar surface area (TPSA) is 12.4 Å². The Hall–Kier alpha value is -2.45. The lowest BCUT2D eigenvalue weighted by atomic mass is 10.1. The highest BCUT2D eigenvalue weighted by Gasteiger charge is 2.06. The summed E-state index contributed by atoms with van der Waals surface area (Å²) in [5.41, 5.74) is 2.44. The molecule has 0 aliphatic heterocycles. The number of nitrogens with zero attached hydrogens (tertiary/aromatic N) is 1. The standard InChI is InChI=1S/C20H15NS/c1-2-7-15(8-3-1)13-21-14-16-9-6-11-18-17-10-4-5-12-19(17)22-20(16)18/h1-12,14H,13H2. The molecule has 1 nitrogen and oxygen atoms in total. The molecule has 22 heavy (non-hydrogen) atoms. The van der Waals surface area contributed by atoms with Crippen LogP contribution in [0.4, 0.5) is 0 Å². The number of benzene rings is 3. The van der Waals surface area contributed by atoms with Crippen molar-refractivity contribution in [1.82, 2.24) is 0 Å². The SMILES string of the molecule is C(=NCc1ccccc1)c1cccc2c1sc1ccccc12. The molecule has 0 aliphatic carbocycles. The first-order valence-corrected chi connectivity index (χ1v) is 8.17. The van der Waals surface area contributed by atoms with Crippen molar-refractivity contribution < 1.29 is 0 Å². The van der Waals surface area contributed by atoms with Gasteiger partial charge in [0.2, 0.25) is 0 Å².